The second-order valence-electron chi connectivity index (χ2n) is 3.12. The Hall–Kier alpha value is -0.430. The number of thioether (sulfide) groups is 1. The van der Waals surface area contributed by atoms with Crippen molar-refractivity contribution in [3.63, 3.8) is 0 Å². The highest BCUT2D eigenvalue weighted by molar-refractivity contribution is 7.98. The van der Waals surface area contributed by atoms with Gasteiger partial charge in [0.1, 0.15) is 6.54 Å². The lowest BCUT2D eigenvalue weighted by molar-refractivity contribution is -0.138. The first kappa shape index (κ1) is 14.6. The molecule has 1 N–H and O–H groups in total. The van der Waals surface area contributed by atoms with Crippen molar-refractivity contribution >= 4 is 17.7 Å². The maximum atomic E-state index is 11.7. The van der Waals surface area contributed by atoms with Gasteiger partial charge in [0.05, 0.1) is 6.54 Å². The van der Waals surface area contributed by atoms with Crippen LogP contribution in [-0.2, 0) is 4.79 Å². The van der Waals surface area contributed by atoms with E-state index in [2.05, 4.69) is 0 Å². The zero-order valence-corrected chi connectivity index (χ0v) is 9.54. The molecule has 90 valence electrons. The fraction of sp³-hybridized carbons (Fsp3) is 0.875. The normalized spacial score (nSPS) is 11.9. The molecule has 15 heavy (non-hydrogen) atoms. The maximum absolute atomic E-state index is 11.7. The van der Waals surface area contributed by atoms with Gasteiger partial charge in [-0.3, -0.25) is 9.69 Å². The molecule has 0 aliphatic rings. The van der Waals surface area contributed by atoms with E-state index in [4.69, 9.17) is 0 Å². The van der Waals surface area contributed by atoms with Crippen LogP contribution in [0.5, 0.6) is 0 Å². The standard InChI is InChI=1S/C8H15F3N2OS/c1-13(3-4-15-2)5-7(14)12-6-8(9,10)11/h3-6H2,1-2H3,(H,12,14). The van der Waals surface area contributed by atoms with Crippen LogP contribution >= 0.6 is 11.8 Å². The average Bonchev–Trinajstić information content (AvgIpc) is 2.10. The molecule has 0 aliphatic carbocycles. The Bertz CT molecular complexity index is 199. The molecule has 0 aromatic carbocycles. The largest absolute Gasteiger partial charge is 0.405 e. The second kappa shape index (κ2) is 6.95. The molecule has 0 saturated heterocycles. The van der Waals surface area contributed by atoms with Gasteiger partial charge in [-0.15, -0.1) is 0 Å². The summed E-state index contributed by atoms with van der Waals surface area (Å²) in [6.45, 7) is -0.584. The van der Waals surface area contributed by atoms with Gasteiger partial charge in [-0.1, -0.05) is 0 Å². The van der Waals surface area contributed by atoms with E-state index in [9.17, 15) is 18.0 Å². The Morgan fingerprint density at radius 2 is 2.07 bits per heavy atom. The predicted molar refractivity (Wildman–Crippen MR) is 54.9 cm³/mol. The van der Waals surface area contributed by atoms with E-state index in [0.717, 1.165) is 5.75 Å². The number of carbonyl (C=O) groups is 1. The molecule has 0 unspecified atom stereocenters. The number of halogens is 3. The minimum atomic E-state index is -4.34. The van der Waals surface area contributed by atoms with Crippen LogP contribution in [0.2, 0.25) is 0 Å². The summed E-state index contributed by atoms with van der Waals surface area (Å²) in [5.74, 6) is 0.249. The molecule has 0 aliphatic heterocycles. The van der Waals surface area contributed by atoms with Crippen LogP contribution in [0.4, 0.5) is 13.2 Å². The van der Waals surface area contributed by atoms with Crippen LogP contribution in [0.1, 0.15) is 0 Å². The molecule has 0 atom stereocenters. The fourth-order valence-corrected chi connectivity index (χ4v) is 1.32. The zero-order valence-electron chi connectivity index (χ0n) is 8.73. The first-order chi connectivity index (χ1) is 6.85. The Labute approximate surface area is 91.4 Å². The predicted octanol–water partition coefficient (Wildman–Crippen LogP) is 0.960. The maximum Gasteiger partial charge on any atom is 0.405 e. The summed E-state index contributed by atoms with van der Waals surface area (Å²) in [4.78, 5) is 12.7. The van der Waals surface area contributed by atoms with Crippen molar-refractivity contribution < 1.29 is 18.0 Å². The number of alkyl halides is 3. The molecule has 1 amide bonds. The first-order valence-electron chi connectivity index (χ1n) is 4.36. The third kappa shape index (κ3) is 9.86. The zero-order chi connectivity index (χ0) is 11.9. The number of nitrogens with zero attached hydrogens (tertiary/aromatic N) is 1. The molecule has 0 radical (unpaired) electrons. The van der Waals surface area contributed by atoms with E-state index in [1.165, 1.54) is 0 Å². The molecule has 0 spiro atoms. The summed E-state index contributed by atoms with van der Waals surface area (Å²) in [5.41, 5.74) is 0. The molecule has 0 aromatic heterocycles. The molecule has 0 heterocycles. The molecule has 0 rings (SSSR count). The summed E-state index contributed by atoms with van der Waals surface area (Å²) in [7, 11) is 1.70. The van der Waals surface area contributed by atoms with E-state index < -0.39 is 18.6 Å². The summed E-state index contributed by atoms with van der Waals surface area (Å²) in [6, 6.07) is 0. The van der Waals surface area contributed by atoms with Gasteiger partial charge in [0.25, 0.3) is 0 Å². The van der Waals surface area contributed by atoms with Gasteiger partial charge in [-0.2, -0.15) is 24.9 Å². The van der Waals surface area contributed by atoms with Crippen molar-refractivity contribution in [1.82, 2.24) is 10.2 Å². The quantitative estimate of drug-likeness (QED) is 0.755. The number of carbonyl (C=O) groups excluding carboxylic acids is 1. The first-order valence-corrected chi connectivity index (χ1v) is 5.75. The number of likely N-dealkylation sites (N-methyl/N-ethyl adjacent to an activating group) is 1. The number of nitrogens with one attached hydrogen (secondary N) is 1. The molecule has 0 aromatic rings. The highest BCUT2D eigenvalue weighted by Crippen LogP contribution is 2.11. The van der Waals surface area contributed by atoms with Crippen molar-refractivity contribution in [3.8, 4) is 0 Å². The lowest BCUT2D eigenvalue weighted by Gasteiger charge is -2.15. The molecule has 3 nitrogen and oxygen atoms in total. The van der Waals surface area contributed by atoms with E-state index in [1.54, 1.807) is 23.7 Å². The lowest BCUT2D eigenvalue weighted by Crippen LogP contribution is -2.40. The van der Waals surface area contributed by atoms with E-state index in [-0.39, 0.29) is 6.54 Å². The van der Waals surface area contributed by atoms with Crippen LogP contribution in [0.3, 0.4) is 0 Å². The lowest BCUT2D eigenvalue weighted by atomic mass is 10.5. The fourth-order valence-electron chi connectivity index (χ4n) is 0.826. The molecular formula is C8H15F3N2OS. The van der Waals surface area contributed by atoms with Crippen LogP contribution in [-0.4, -0.2) is 55.7 Å². The highest BCUT2D eigenvalue weighted by Gasteiger charge is 2.27. The Morgan fingerprint density at radius 1 is 1.47 bits per heavy atom. The summed E-state index contributed by atoms with van der Waals surface area (Å²) >= 11 is 1.62. The monoisotopic (exact) mass is 244 g/mol. The van der Waals surface area contributed by atoms with E-state index in [1.807, 2.05) is 11.6 Å². The van der Waals surface area contributed by atoms with E-state index >= 15 is 0 Å². The van der Waals surface area contributed by atoms with Crippen LogP contribution in [0.25, 0.3) is 0 Å². The van der Waals surface area contributed by atoms with Gasteiger partial charge in [0.15, 0.2) is 0 Å². The second-order valence-corrected chi connectivity index (χ2v) is 4.11. The van der Waals surface area contributed by atoms with Crippen molar-refractivity contribution in [2.75, 3.05) is 38.7 Å². The highest BCUT2D eigenvalue weighted by atomic mass is 32.2. The van der Waals surface area contributed by atoms with E-state index in [0.29, 0.717) is 6.54 Å². The number of amides is 1. The topological polar surface area (TPSA) is 32.3 Å². The Morgan fingerprint density at radius 3 is 2.53 bits per heavy atom. The van der Waals surface area contributed by atoms with Crippen molar-refractivity contribution in [3.05, 3.63) is 0 Å². The SMILES string of the molecule is CSCCN(C)CC(=O)NCC(F)(F)F. The van der Waals surface area contributed by atoms with Crippen LogP contribution < -0.4 is 5.32 Å². The number of hydrogen-bond acceptors (Lipinski definition) is 3. The number of hydrogen-bond donors (Lipinski definition) is 1. The van der Waals surface area contributed by atoms with Crippen molar-refractivity contribution in [1.29, 1.82) is 0 Å². The summed E-state index contributed by atoms with van der Waals surface area (Å²) in [6.07, 6.45) is -2.41. The third-order valence-electron chi connectivity index (χ3n) is 1.58. The third-order valence-corrected chi connectivity index (χ3v) is 2.17. The number of rotatable bonds is 6. The van der Waals surface area contributed by atoms with Gasteiger partial charge in [0, 0.05) is 12.3 Å². The van der Waals surface area contributed by atoms with Crippen LogP contribution in [0, 0.1) is 0 Å². The molecule has 7 heteroatoms. The minimum Gasteiger partial charge on any atom is -0.346 e. The Kier molecular flexibility index (Phi) is 6.75. The molecular weight excluding hydrogens is 229 g/mol. The average molecular weight is 244 g/mol. The minimum absolute atomic E-state index is 0.00333. The smallest absolute Gasteiger partial charge is 0.346 e. The van der Waals surface area contributed by atoms with Gasteiger partial charge in [0.2, 0.25) is 5.91 Å². The van der Waals surface area contributed by atoms with Crippen molar-refractivity contribution in [2.24, 2.45) is 0 Å². The van der Waals surface area contributed by atoms with Crippen molar-refractivity contribution in [2.45, 2.75) is 6.18 Å². The molecule has 0 fully saturated rings. The van der Waals surface area contributed by atoms with Gasteiger partial charge in [-0.25, -0.2) is 0 Å². The molecule has 0 saturated carbocycles. The van der Waals surface area contributed by atoms with Gasteiger partial charge in [-0.05, 0) is 13.3 Å². The molecule has 0 bridgehead atoms. The summed E-state index contributed by atoms with van der Waals surface area (Å²) in [5, 5.41) is 1.82. The van der Waals surface area contributed by atoms with Crippen LogP contribution in [0.15, 0.2) is 0 Å². The van der Waals surface area contributed by atoms with Gasteiger partial charge >= 0.3 is 6.18 Å². The summed E-state index contributed by atoms with van der Waals surface area (Å²) < 4.78 is 35.2. The van der Waals surface area contributed by atoms with Gasteiger partial charge < -0.3 is 5.32 Å². The Balaban J connectivity index is 3.64.